The molecule has 19 heavy (non-hydrogen) atoms. The molecule has 0 aliphatic carbocycles. The molecule has 0 aliphatic rings. The fourth-order valence-corrected chi connectivity index (χ4v) is 2.57. The van der Waals surface area contributed by atoms with Gasteiger partial charge in [0.25, 0.3) is 0 Å². The zero-order valence-electron chi connectivity index (χ0n) is 9.68. The minimum atomic E-state index is 0.554. The van der Waals surface area contributed by atoms with Crippen LogP contribution in [0.4, 0.5) is 0 Å². The van der Waals surface area contributed by atoms with Crippen molar-refractivity contribution < 1.29 is 4.79 Å². The van der Waals surface area contributed by atoms with Gasteiger partial charge in [-0.25, -0.2) is 4.98 Å². The summed E-state index contributed by atoms with van der Waals surface area (Å²) >= 11 is 6.80. The second-order valence-corrected chi connectivity index (χ2v) is 5.88. The van der Waals surface area contributed by atoms with Crippen molar-refractivity contribution in [2.24, 2.45) is 0 Å². The van der Waals surface area contributed by atoms with Crippen molar-refractivity contribution in [1.82, 2.24) is 9.38 Å². The highest BCUT2D eigenvalue weighted by atomic mass is 79.9. The Kier molecular flexibility index (Phi) is 3.24. The number of aldehydes is 1. The normalized spacial score (nSPS) is 10.8. The van der Waals surface area contributed by atoms with Gasteiger partial charge in [-0.05, 0) is 40.2 Å². The molecule has 0 N–H and O–H groups in total. The molecule has 3 nitrogen and oxygen atoms in total. The minimum Gasteiger partial charge on any atom is -0.296 e. The Hall–Kier alpha value is -1.46. The van der Waals surface area contributed by atoms with Crippen molar-refractivity contribution >= 4 is 43.8 Å². The van der Waals surface area contributed by atoms with Gasteiger partial charge in [-0.1, -0.05) is 28.1 Å². The van der Waals surface area contributed by atoms with Crippen LogP contribution >= 0.6 is 31.9 Å². The number of pyridine rings is 1. The van der Waals surface area contributed by atoms with Gasteiger partial charge in [-0.15, -0.1) is 0 Å². The molecule has 1 aromatic carbocycles. The van der Waals surface area contributed by atoms with E-state index in [-0.39, 0.29) is 0 Å². The number of imidazole rings is 1. The van der Waals surface area contributed by atoms with Crippen LogP contribution in [0.2, 0.25) is 0 Å². The fourth-order valence-electron chi connectivity index (χ4n) is 1.97. The fraction of sp³-hybridized carbons (Fsp3) is 0. The second kappa shape index (κ2) is 4.90. The lowest BCUT2D eigenvalue weighted by Crippen LogP contribution is -1.92. The number of carbonyl (C=O) groups is 1. The largest absolute Gasteiger partial charge is 0.296 e. The predicted octanol–water partition coefficient (Wildman–Crippen LogP) is 4.34. The summed E-state index contributed by atoms with van der Waals surface area (Å²) in [5.74, 6) is 0. The summed E-state index contributed by atoms with van der Waals surface area (Å²) in [6.45, 7) is 0. The van der Waals surface area contributed by atoms with E-state index in [0.29, 0.717) is 11.4 Å². The van der Waals surface area contributed by atoms with Crippen LogP contribution in [-0.2, 0) is 0 Å². The molecule has 2 heterocycles. The number of halogens is 2. The number of aromatic nitrogens is 2. The Morgan fingerprint density at radius 2 is 1.68 bits per heavy atom. The van der Waals surface area contributed by atoms with Crippen molar-refractivity contribution in [2.45, 2.75) is 0 Å². The number of hydrogen-bond acceptors (Lipinski definition) is 2. The summed E-state index contributed by atoms with van der Waals surface area (Å²) < 4.78 is 3.69. The molecule has 0 amide bonds. The van der Waals surface area contributed by atoms with E-state index in [2.05, 4.69) is 36.8 Å². The van der Waals surface area contributed by atoms with E-state index in [1.165, 1.54) is 0 Å². The van der Waals surface area contributed by atoms with Crippen LogP contribution in [-0.4, -0.2) is 15.7 Å². The van der Waals surface area contributed by atoms with Gasteiger partial charge in [0.1, 0.15) is 17.0 Å². The highest BCUT2D eigenvalue weighted by molar-refractivity contribution is 9.10. The van der Waals surface area contributed by atoms with E-state index in [4.69, 9.17) is 0 Å². The topological polar surface area (TPSA) is 34.4 Å². The summed E-state index contributed by atoms with van der Waals surface area (Å²) in [6.07, 6.45) is 2.68. The first-order chi connectivity index (χ1) is 9.19. The van der Waals surface area contributed by atoms with Gasteiger partial charge in [0.2, 0.25) is 0 Å². The third kappa shape index (κ3) is 2.24. The molecule has 0 unspecified atom stereocenters. The van der Waals surface area contributed by atoms with E-state index >= 15 is 0 Å². The lowest BCUT2D eigenvalue weighted by Gasteiger charge is -1.99. The molecule has 0 saturated carbocycles. The zero-order chi connectivity index (χ0) is 13.4. The molecular formula is C14H8Br2N2O. The van der Waals surface area contributed by atoms with Crippen LogP contribution in [0.15, 0.2) is 51.5 Å². The molecule has 5 heteroatoms. The molecule has 0 atom stereocenters. The molecule has 3 rings (SSSR count). The molecule has 0 radical (unpaired) electrons. The lowest BCUT2D eigenvalue weighted by atomic mass is 10.1. The van der Waals surface area contributed by atoms with E-state index in [9.17, 15) is 4.79 Å². The van der Waals surface area contributed by atoms with Crippen molar-refractivity contribution in [3.63, 3.8) is 0 Å². The summed E-state index contributed by atoms with van der Waals surface area (Å²) in [6, 6.07) is 11.5. The maximum Gasteiger partial charge on any atom is 0.169 e. The Bertz CT molecular complexity index is 763. The quantitative estimate of drug-likeness (QED) is 0.620. The van der Waals surface area contributed by atoms with E-state index in [0.717, 1.165) is 26.4 Å². The number of rotatable bonds is 2. The first-order valence-corrected chi connectivity index (χ1v) is 7.16. The third-order valence-electron chi connectivity index (χ3n) is 2.85. The SMILES string of the molecule is O=Cc1c(-c2ccc(Br)cc2)nc2ccc(Br)cn12. The van der Waals surface area contributed by atoms with E-state index in [1.807, 2.05) is 42.6 Å². The monoisotopic (exact) mass is 378 g/mol. The number of benzene rings is 1. The van der Waals surface area contributed by atoms with Crippen molar-refractivity contribution in [3.8, 4) is 11.3 Å². The molecule has 94 valence electrons. The summed E-state index contributed by atoms with van der Waals surface area (Å²) in [5.41, 5.74) is 2.92. The molecule has 3 aromatic rings. The number of carbonyl (C=O) groups excluding carboxylic acids is 1. The van der Waals surface area contributed by atoms with Crippen LogP contribution in [0, 0.1) is 0 Å². The standard InChI is InChI=1S/C14H8Br2N2O/c15-10-3-1-9(2-4-10)14-12(8-19)18-7-11(16)5-6-13(18)17-14/h1-8H. The first-order valence-electron chi connectivity index (χ1n) is 5.58. The van der Waals surface area contributed by atoms with Crippen LogP contribution < -0.4 is 0 Å². The average Bonchev–Trinajstić information content (AvgIpc) is 2.77. The number of nitrogens with zero attached hydrogens (tertiary/aromatic N) is 2. The number of hydrogen-bond donors (Lipinski definition) is 0. The van der Waals surface area contributed by atoms with Gasteiger partial charge in [0.15, 0.2) is 6.29 Å². The van der Waals surface area contributed by atoms with Gasteiger partial charge in [0.05, 0.1) is 0 Å². The second-order valence-electron chi connectivity index (χ2n) is 4.05. The smallest absolute Gasteiger partial charge is 0.169 e. The summed E-state index contributed by atoms with van der Waals surface area (Å²) in [7, 11) is 0. The van der Waals surface area contributed by atoms with Gasteiger partial charge in [-0.2, -0.15) is 0 Å². The van der Waals surface area contributed by atoms with Crippen molar-refractivity contribution in [2.75, 3.05) is 0 Å². The van der Waals surface area contributed by atoms with Crippen LogP contribution in [0.5, 0.6) is 0 Å². The lowest BCUT2D eigenvalue weighted by molar-refractivity contribution is 0.111. The molecule has 0 spiro atoms. The highest BCUT2D eigenvalue weighted by Gasteiger charge is 2.13. The summed E-state index contributed by atoms with van der Waals surface area (Å²) in [5, 5.41) is 0. The maximum absolute atomic E-state index is 11.4. The maximum atomic E-state index is 11.4. The Labute approximate surface area is 126 Å². The van der Waals surface area contributed by atoms with Crippen LogP contribution in [0.3, 0.4) is 0 Å². The van der Waals surface area contributed by atoms with Gasteiger partial charge < -0.3 is 0 Å². The average molecular weight is 380 g/mol. The molecule has 0 bridgehead atoms. The molecule has 2 aromatic heterocycles. The van der Waals surface area contributed by atoms with Crippen LogP contribution in [0.25, 0.3) is 16.9 Å². The molecular weight excluding hydrogens is 372 g/mol. The van der Waals surface area contributed by atoms with Gasteiger partial charge >= 0.3 is 0 Å². The third-order valence-corrected chi connectivity index (χ3v) is 3.85. The Morgan fingerprint density at radius 3 is 2.37 bits per heavy atom. The Balaban J connectivity index is 2.28. The predicted molar refractivity (Wildman–Crippen MR) is 81.4 cm³/mol. The molecule has 0 saturated heterocycles. The highest BCUT2D eigenvalue weighted by Crippen LogP contribution is 2.26. The summed E-state index contributed by atoms with van der Waals surface area (Å²) in [4.78, 5) is 15.9. The minimum absolute atomic E-state index is 0.554. The van der Waals surface area contributed by atoms with Crippen molar-refractivity contribution in [3.05, 3.63) is 57.2 Å². The Morgan fingerprint density at radius 1 is 1.00 bits per heavy atom. The van der Waals surface area contributed by atoms with Gasteiger partial charge in [0, 0.05) is 20.7 Å². The first kappa shape index (κ1) is 12.6. The van der Waals surface area contributed by atoms with E-state index in [1.54, 1.807) is 4.40 Å². The van der Waals surface area contributed by atoms with Gasteiger partial charge in [-0.3, -0.25) is 9.20 Å². The number of fused-ring (bicyclic) bond motifs is 1. The van der Waals surface area contributed by atoms with E-state index < -0.39 is 0 Å². The molecule has 0 fully saturated rings. The van der Waals surface area contributed by atoms with Crippen molar-refractivity contribution in [1.29, 1.82) is 0 Å². The zero-order valence-corrected chi connectivity index (χ0v) is 12.8. The molecule has 0 aliphatic heterocycles. The van der Waals surface area contributed by atoms with Crippen LogP contribution in [0.1, 0.15) is 10.5 Å².